The van der Waals surface area contributed by atoms with Gasteiger partial charge in [-0.05, 0) is 59.0 Å². The van der Waals surface area contributed by atoms with Gasteiger partial charge in [0.25, 0.3) is 0 Å². The quantitative estimate of drug-likeness (QED) is 0.472. The first-order valence-electron chi connectivity index (χ1n) is 4.94. The number of rotatable bonds is 2. The first kappa shape index (κ1) is 14.1. The van der Waals surface area contributed by atoms with Crippen LogP contribution in [0.4, 0.5) is 0 Å². The van der Waals surface area contributed by atoms with E-state index in [4.69, 9.17) is 34.8 Å². The van der Waals surface area contributed by atoms with E-state index in [2.05, 4.69) is 22.6 Å². The maximum atomic E-state index is 12.3. The van der Waals surface area contributed by atoms with Crippen molar-refractivity contribution in [2.45, 2.75) is 0 Å². The van der Waals surface area contributed by atoms with Crippen LogP contribution in [0.15, 0.2) is 36.4 Å². The van der Waals surface area contributed by atoms with Crippen molar-refractivity contribution in [3.05, 3.63) is 66.2 Å². The lowest BCUT2D eigenvalue weighted by atomic mass is 10.0. The summed E-state index contributed by atoms with van der Waals surface area (Å²) in [6.07, 6.45) is 0. The fourth-order valence-electron chi connectivity index (χ4n) is 1.47. The molecule has 0 amide bonds. The van der Waals surface area contributed by atoms with Gasteiger partial charge >= 0.3 is 0 Å². The Kier molecular flexibility index (Phi) is 4.54. The smallest absolute Gasteiger partial charge is 0.194 e. The minimum Gasteiger partial charge on any atom is -0.289 e. The van der Waals surface area contributed by atoms with Crippen LogP contribution in [0, 0.1) is 3.57 Å². The molecule has 0 aliphatic rings. The molecule has 2 aromatic carbocycles. The van der Waals surface area contributed by atoms with E-state index in [0.29, 0.717) is 26.2 Å². The van der Waals surface area contributed by atoms with Crippen LogP contribution in [0.5, 0.6) is 0 Å². The number of benzene rings is 2. The van der Waals surface area contributed by atoms with Gasteiger partial charge in [-0.3, -0.25) is 4.79 Å². The Morgan fingerprint density at radius 1 is 0.944 bits per heavy atom. The first-order chi connectivity index (χ1) is 8.49. The molecule has 18 heavy (non-hydrogen) atoms. The van der Waals surface area contributed by atoms with Gasteiger partial charge < -0.3 is 0 Å². The molecule has 0 unspecified atom stereocenters. The lowest BCUT2D eigenvalue weighted by Gasteiger charge is -2.05. The average molecular weight is 411 g/mol. The van der Waals surface area contributed by atoms with Gasteiger partial charge in [-0.25, -0.2) is 0 Å². The molecule has 0 spiro atoms. The highest BCUT2D eigenvalue weighted by molar-refractivity contribution is 14.1. The summed E-state index contributed by atoms with van der Waals surface area (Å²) < 4.78 is 0.896. The Morgan fingerprint density at radius 2 is 1.67 bits per heavy atom. The summed E-state index contributed by atoms with van der Waals surface area (Å²) in [7, 11) is 0. The largest absolute Gasteiger partial charge is 0.289 e. The van der Waals surface area contributed by atoms with Crippen molar-refractivity contribution in [1.82, 2.24) is 0 Å². The summed E-state index contributed by atoms with van der Waals surface area (Å²) in [5, 5.41) is 1.38. The zero-order valence-corrected chi connectivity index (χ0v) is 13.3. The molecule has 0 fully saturated rings. The van der Waals surface area contributed by atoms with Crippen LogP contribution in [0.2, 0.25) is 15.1 Å². The van der Waals surface area contributed by atoms with Crippen molar-refractivity contribution < 1.29 is 4.79 Å². The Labute approximate surface area is 133 Å². The van der Waals surface area contributed by atoms with Crippen LogP contribution >= 0.6 is 57.4 Å². The van der Waals surface area contributed by atoms with Crippen molar-refractivity contribution in [1.29, 1.82) is 0 Å². The fraction of sp³-hybridized carbons (Fsp3) is 0. The van der Waals surface area contributed by atoms with Crippen LogP contribution in [0.25, 0.3) is 0 Å². The van der Waals surface area contributed by atoms with E-state index >= 15 is 0 Å². The highest BCUT2D eigenvalue weighted by atomic mass is 127. The molecule has 0 bridgehead atoms. The summed E-state index contributed by atoms with van der Waals surface area (Å²) in [5.41, 5.74) is 0.919. The van der Waals surface area contributed by atoms with Gasteiger partial charge in [-0.2, -0.15) is 0 Å². The molecule has 0 N–H and O–H groups in total. The third-order valence-electron chi connectivity index (χ3n) is 2.36. The predicted molar refractivity (Wildman–Crippen MR) is 84.1 cm³/mol. The number of hydrogen-bond acceptors (Lipinski definition) is 1. The normalized spacial score (nSPS) is 10.4. The summed E-state index contributed by atoms with van der Waals surface area (Å²) in [6, 6.07) is 9.94. The van der Waals surface area contributed by atoms with Gasteiger partial charge in [0, 0.05) is 19.7 Å². The van der Waals surface area contributed by atoms with Gasteiger partial charge in [0.05, 0.1) is 10.0 Å². The van der Waals surface area contributed by atoms with Gasteiger partial charge in [-0.15, -0.1) is 0 Å². The van der Waals surface area contributed by atoms with Crippen LogP contribution < -0.4 is 0 Å². The Hall–Kier alpha value is -0.290. The highest BCUT2D eigenvalue weighted by Crippen LogP contribution is 2.26. The van der Waals surface area contributed by atoms with Crippen LogP contribution in [0.1, 0.15) is 15.9 Å². The second-order valence-electron chi connectivity index (χ2n) is 3.58. The summed E-state index contributed by atoms with van der Waals surface area (Å²) >= 11 is 19.9. The molecule has 92 valence electrons. The molecule has 1 nitrogen and oxygen atoms in total. The standard InChI is InChI=1S/C13H6Cl3IO/c14-8-2-3-9(10(15)6-8)13(18)7-1-4-12(17)11(16)5-7/h1-6H. The fourth-order valence-corrected chi connectivity index (χ4v) is 2.48. The van der Waals surface area contributed by atoms with E-state index in [0.717, 1.165) is 3.57 Å². The predicted octanol–water partition coefficient (Wildman–Crippen LogP) is 5.48. The highest BCUT2D eigenvalue weighted by Gasteiger charge is 2.14. The molecule has 0 saturated carbocycles. The molecule has 5 heteroatoms. The molecule has 0 aliphatic carbocycles. The van der Waals surface area contributed by atoms with Crippen LogP contribution in [-0.2, 0) is 0 Å². The molecule has 2 rings (SSSR count). The second kappa shape index (κ2) is 5.78. The van der Waals surface area contributed by atoms with Crippen molar-refractivity contribution >= 4 is 63.2 Å². The topological polar surface area (TPSA) is 17.1 Å². The third kappa shape index (κ3) is 2.99. The molecule has 0 atom stereocenters. The monoisotopic (exact) mass is 410 g/mol. The summed E-state index contributed by atoms with van der Waals surface area (Å²) in [5.74, 6) is -0.171. The lowest BCUT2D eigenvalue weighted by molar-refractivity contribution is 0.103. The van der Waals surface area contributed by atoms with Gasteiger partial charge in [0.15, 0.2) is 5.78 Å². The van der Waals surface area contributed by atoms with E-state index in [1.807, 2.05) is 0 Å². The number of hydrogen-bond donors (Lipinski definition) is 0. The van der Waals surface area contributed by atoms with E-state index < -0.39 is 0 Å². The zero-order chi connectivity index (χ0) is 13.3. The minimum atomic E-state index is -0.171. The average Bonchev–Trinajstić information content (AvgIpc) is 2.32. The number of halogens is 4. The first-order valence-corrected chi connectivity index (χ1v) is 7.15. The van der Waals surface area contributed by atoms with Gasteiger partial charge in [-0.1, -0.05) is 34.8 Å². The molecule has 0 saturated heterocycles. The Morgan fingerprint density at radius 3 is 2.28 bits per heavy atom. The van der Waals surface area contributed by atoms with Crippen LogP contribution in [0.3, 0.4) is 0 Å². The maximum absolute atomic E-state index is 12.3. The number of carbonyl (C=O) groups excluding carboxylic acids is 1. The van der Waals surface area contributed by atoms with E-state index in [1.54, 1.807) is 36.4 Å². The number of carbonyl (C=O) groups is 1. The Bertz CT molecular complexity index is 626. The number of ketones is 1. The maximum Gasteiger partial charge on any atom is 0.194 e. The lowest BCUT2D eigenvalue weighted by Crippen LogP contribution is -2.02. The van der Waals surface area contributed by atoms with E-state index in [1.165, 1.54) is 0 Å². The molecular formula is C13H6Cl3IO. The molecule has 0 heterocycles. The summed E-state index contributed by atoms with van der Waals surface area (Å²) in [6.45, 7) is 0. The van der Waals surface area contributed by atoms with Crippen LogP contribution in [-0.4, -0.2) is 5.78 Å². The van der Waals surface area contributed by atoms with Gasteiger partial charge in [0.1, 0.15) is 0 Å². The molecule has 0 aromatic heterocycles. The van der Waals surface area contributed by atoms with E-state index in [-0.39, 0.29) is 5.78 Å². The SMILES string of the molecule is O=C(c1ccc(I)c(Cl)c1)c1ccc(Cl)cc1Cl. The molecular weight excluding hydrogens is 405 g/mol. The zero-order valence-electron chi connectivity index (χ0n) is 8.88. The van der Waals surface area contributed by atoms with Crippen molar-refractivity contribution in [3.8, 4) is 0 Å². The minimum absolute atomic E-state index is 0.171. The summed E-state index contributed by atoms with van der Waals surface area (Å²) in [4.78, 5) is 12.3. The van der Waals surface area contributed by atoms with Gasteiger partial charge in [0.2, 0.25) is 0 Å². The molecule has 2 aromatic rings. The third-order valence-corrected chi connectivity index (χ3v) is 4.48. The van der Waals surface area contributed by atoms with Crippen molar-refractivity contribution in [2.24, 2.45) is 0 Å². The second-order valence-corrected chi connectivity index (χ2v) is 6.00. The Balaban J connectivity index is 2.44. The van der Waals surface area contributed by atoms with Crippen molar-refractivity contribution in [2.75, 3.05) is 0 Å². The molecule has 0 radical (unpaired) electrons. The molecule has 0 aliphatic heterocycles. The van der Waals surface area contributed by atoms with Crippen molar-refractivity contribution in [3.63, 3.8) is 0 Å². The van der Waals surface area contributed by atoms with E-state index in [9.17, 15) is 4.79 Å².